The van der Waals surface area contributed by atoms with Gasteiger partial charge in [0.2, 0.25) is 0 Å². The summed E-state index contributed by atoms with van der Waals surface area (Å²) in [5.74, 6) is -0.395. The summed E-state index contributed by atoms with van der Waals surface area (Å²) >= 11 is 17.3. The third kappa shape index (κ3) is 2.72. The number of carbonyl (C=O) groups is 1. The zero-order chi connectivity index (χ0) is 12.4. The van der Waals surface area contributed by atoms with Crippen LogP contribution >= 0.6 is 34.8 Å². The molecular formula is C10H6Cl3N3O. The number of H-pyrrole nitrogens is 1. The second-order valence-corrected chi connectivity index (χ2v) is 4.35. The summed E-state index contributed by atoms with van der Waals surface area (Å²) in [6.45, 7) is 0. The highest BCUT2D eigenvalue weighted by atomic mass is 35.5. The molecule has 0 saturated carbocycles. The van der Waals surface area contributed by atoms with E-state index in [1.807, 2.05) is 0 Å². The zero-order valence-corrected chi connectivity index (χ0v) is 10.6. The number of anilines is 1. The Bertz CT molecular complexity index is 548. The van der Waals surface area contributed by atoms with Gasteiger partial charge < -0.3 is 10.3 Å². The third-order valence-electron chi connectivity index (χ3n) is 1.99. The largest absolute Gasteiger partial charge is 0.340 e. The lowest BCUT2D eigenvalue weighted by Crippen LogP contribution is -2.12. The van der Waals surface area contributed by atoms with E-state index in [9.17, 15) is 4.79 Å². The lowest BCUT2D eigenvalue weighted by molar-refractivity contribution is 0.102. The average molecular weight is 291 g/mol. The van der Waals surface area contributed by atoms with Crippen LogP contribution in [0.3, 0.4) is 0 Å². The van der Waals surface area contributed by atoms with Gasteiger partial charge in [-0.3, -0.25) is 9.78 Å². The Morgan fingerprint density at radius 1 is 1.29 bits per heavy atom. The van der Waals surface area contributed by atoms with Gasteiger partial charge in [0, 0.05) is 6.20 Å². The van der Waals surface area contributed by atoms with E-state index in [4.69, 9.17) is 34.8 Å². The van der Waals surface area contributed by atoms with Crippen LogP contribution < -0.4 is 5.32 Å². The molecule has 0 aromatic carbocycles. The third-order valence-corrected chi connectivity index (χ3v) is 3.01. The number of pyridine rings is 1. The minimum Gasteiger partial charge on any atom is -0.340 e. The van der Waals surface area contributed by atoms with Gasteiger partial charge in [-0.2, -0.15) is 0 Å². The predicted molar refractivity (Wildman–Crippen MR) is 68.0 cm³/mol. The molecule has 7 heteroatoms. The van der Waals surface area contributed by atoms with Crippen LogP contribution in [-0.2, 0) is 0 Å². The van der Waals surface area contributed by atoms with Crippen molar-refractivity contribution < 1.29 is 4.79 Å². The highest BCUT2D eigenvalue weighted by molar-refractivity contribution is 6.41. The molecule has 88 valence electrons. The molecule has 0 unspecified atom stereocenters. The van der Waals surface area contributed by atoms with Crippen LogP contribution in [0.1, 0.15) is 10.5 Å². The van der Waals surface area contributed by atoms with Crippen LogP contribution in [0, 0.1) is 0 Å². The van der Waals surface area contributed by atoms with Crippen molar-refractivity contribution in [1.29, 1.82) is 0 Å². The normalized spacial score (nSPS) is 10.3. The topological polar surface area (TPSA) is 57.8 Å². The molecule has 4 nitrogen and oxygen atoms in total. The van der Waals surface area contributed by atoms with Gasteiger partial charge in [0.25, 0.3) is 5.91 Å². The molecule has 0 atom stereocenters. The van der Waals surface area contributed by atoms with Gasteiger partial charge in [-0.25, -0.2) is 0 Å². The van der Waals surface area contributed by atoms with Crippen molar-refractivity contribution in [3.05, 3.63) is 45.4 Å². The number of aromatic nitrogens is 2. The molecule has 0 aliphatic heterocycles. The standard InChI is InChI=1S/C10H6Cl3N3O/c11-5-1-2-14-4-8(5)16-10(17)7-3-6(12)9(13)15-7/h1-4,15H,(H,16,17). The Hall–Kier alpha value is -1.23. The van der Waals surface area contributed by atoms with Gasteiger partial charge in [-0.15, -0.1) is 0 Å². The second kappa shape index (κ2) is 4.96. The van der Waals surface area contributed by atoms with Crippen molar-refractivity contribution in [2.45, 2.75) is 0 Å². The molecule has 17 heavy (non-hydrogen) atoms. The zero-order valence-electron chi connectivity index (χ0n) is 8.30. The Morgan fingerprint density at radius 2 is 2.06 bits per heavy atom. The maximum atomic E-state index is 11.8. The van der Waals surface area contributed by atoms with E-state index >= 15 is 0 Å². The quantitative estimate of drug-likeness (QED) is 0.887. The minimum atomic E-state index is -0.395. The summed E-state index contributed by atoms with van der Waals surface area (Å²) in [6.07, 6.45) is 2.98. The number of nitrogens with zero attached hydrogens (tertiary/aromatic N) is 1. The Balaban J connectivity index is 2.20. The first-order chi connectivity index (χ1) is 8.08. The van der Waals surface area contributed by atoms with E-state index in [1.165, 1.54) is 18.5 Å². The van der Waals surface area contributed by atoms with Gasteiger partial charge in [0.05, 0.1) is 21.9 Å². The molecule has 2 heterocycles. The van der Waals surface area contributed by atoms with Crippen LogP contribution in [0.4, 0.5) is 5.69 Å². The van der Waals surface area contributed by atoms with E-state index in [0.717, 1.165) is 0 Å². The molecular weight excluding hydrogens is 284 g/mol. The number of hydrogen-bond donors (Lipinski definition) is 2. The van der Waals surface area contributed by atoms with E-state index in [0.29, 0.717) is 10.7 Å². The van der Waals surface area contributed by atoms with Gasteiger partial charge in [-0.05, 0) is 12.1 Å². The number of carbonyl (C=O) groups excluding carboxylic acids is 1. The molecule has 0 fully saturated rings. The molecule has 2 rings (SSSR count). The molecule has 0 radical (unpaired) electrons. The van der Waals surface area contributed by atoms with Gasteiger partial charge in [-0.1, -0.05) is 34.8 Å². The maximum absolute atomic E-state index is 11.8. The lowest BCUT2D eigenvalue weighted by Gasteiger charge is -2.04. The predicted octanol–water partition coefficient (Wildman–Crippen LogP) is 3.62. The molecule has 2 aromatic rings. The summed E-state index contributed by atoms with van der Waals surface area (Å²) in [5, 5.41) is 3.49. The van der Waals surface area contributed by atoms with Crippen LogP contribution in [-0.4, -0.2) is 15.9 Å². The monoisotopic (exact) mass is 289 g/mol. The van der Waals surface area contributed by atoms with Crippen LogP contribution in [0.25, 0.3) is 0 Å². The molecule has 0 saturated heterocycles. The van der Waals surface area contributed by atoms with Crippen molar-refractivity contribution in [2.75, 3.05) is 5.32 Å². The van der Waals surface area contributed by atoms with Gasteiger partial charge in [0.1, 0.15) is 10.8 Å². The molecule has 2 aromatic heterocycles. The number of halogens is 3. The Labute approximate surface area is 112 Å². The maximum Gasteiger partial charge on any atom is 0.272 e. The summed E-state index contributed by atoms with van der Waals surface area (Å²) in [6, 6.07) is 3.01. The first-order valence-electron chi connectivity index (χ1n) is 4.53. The molecule has 0 bridgehead atoms. The van der Waals surface area contributed by atoms with Crippen LogP contribution in [0.15, 0.2) is 24.5 Å². The Morgan fingerprint density at radius 3 is 2.65 bits per heavy atom. The highest BCUT2D eigenvalue weighted by Gasteiger charge is 2.12. The molecule has 1 amide bonds. The summed E-state index contributed by atoms with van der Waals surface area (Å²) < 4.78 is 0. The van der Waals surface area contributed by atoms with Crippen molar-refractivity contribution in [2.24, 2.45) is 0 Å². The fraction of sp³-hybridized carbons (Fsp3) is 0. The summed E-state index contributed by atoms with van der Waals surface area (Å²) in [4.78, 5) is 18.3. The van der Waals surface area contributed by atoms with Crippen molar-refractivity contribution in [3.8, 4) is 0 Å². The SMILES string of the molecule is O=C(Nc1cnccc1Cl)c1cc(Cl)c(Cl)[nH]1. The van der Waals surface area contributed by atoms with E-state index in [1.54, 1.807) is 6.07 Å². The van der Waals surface area contributed by atoms with Crippen LogP contribution in [0.5, 0.6) is 0 Å². The molecule has 0 aliphatic rings. The van der Waals surface area contributed by atoms with E-state index < -0.39 is 5.91 Å². The van der Waals surface area contributed by atoms with E-state index in [2.05, 4.69) is 15.3 Å². The van der Waals surface area contributed by atoms with Gasteiger partial charge in [0.15, 0.2) is 0 Å². The molecule has 0 aliphatic carbocycles. The molecule has 0 spiro atoms. The lowest BCUT2D eigenvalue weighted by atomic mass is 10.3. The number of aromatic amines is 1. The fourth-order valence-electron chi connectivity index (χ4n) is 1.19. The first kappa shape index (κ1) is 12.2. The van der Waals surface area contributed by atoms with Crippen molar-refractivity contribution in [3.63, 3.8) is 0 Å². The van der Waals surface area contributed by atoms with Crippen molar-refractivity contribution >= 4 is 46.4 Å². The van der Waals surface area contributed by atoms with E-state index in [-0.39, 0.29) is 15.9 Å². The smallest absolute Gasteiger partial charge is 0.272 e. The Kier molecular flexibility index (Phi) is 3.57. The van der Waals surface area contributed by atoms with Gasteiger partial charge >= 0.3 is 0 Å². The summed E-state index contributed by atoms with van der Waals surface area (Å²) in [7, 11) is 0. The van der Waals surface area contributed by atoms with Crippen LogP contribution in [0.2, 0.25) is 15.2 Å². The number of hydrogen-bond acceptors (Lipinski definition) is 2. The summed E-state index contributed by atoms with van der Waals surface area (Å²) in [5.41, 5.74) is 0.668. The molecule has 2 N–H and O–H groups in total. The number of nitrogens with one attached hydrogen (secondary N) is 2. The number of rotatable bonds is 2. The number of amides is 1. The second-order valence-electron chi connectivity index (χ2n) is 3.15. The van der Waals surface area contributed by atoms with Crippen molar-refractivity contribution in [1.82, 2.24) is 9.97 Å². The average Bonchev–Trinajstić information content (AvgIpc) is 2.63. The minimum absolute atomic E-state index is 0.217. The first-order valence-corrected chi connectivity index (χ1v) is 5.66. The highest BCUT2D eigenvalue weighted by Crippen LogP contribution is 2.24. The fourth-order valence-corrected chi connectivity index (χ4v) is 1.65.